The van der Waals surface area contributed by atoms with Gasteiger partial charge in [-0.25, -0.2) is 9.48 Å². The fourth-order valence-corrected chi connectivity index (χ4v) is 4.95. The number of amides is 1. The van der Waals surface area contributed by atoms with Crippen molar-refractivity contribution in [1.29, 1.82) is 0 Å². The monoisotopic (exact) mass is 505 g/mol. The van der Waals surface area contributed by atoms with Gasteiger partial charge < -0.3 is 10.4 Å². The zero-order valence-electron chi connectivity index (χ0n) is 17.9. The number of nitrogens with one attached hydrogen (secondary N) is 1. The molecule has 0 unspecified atom stereocenters. The van der Waals surface area contributed by atoms with E-state index in [2.05, 4.69) is 10.4 Å². The molecule has 3 aromatic rings. The van der Waals surface area contributed by atoms with E-state index < -0.39 is 5.97 Å². The molecule has 33 heavy (non-hydrogen) atoms. The van der Waals surface area contributed by atoms with E-state index >= 15 is 0 Å². The fraction of sp³-hybridized carbons (Fsp3) is 0.292. The lowest BCUT2D eigenvalue weighted by molar-refractivity contribution is 0.0696. The van der Waals surface area contributed by atoms with E-state index in [9.17, 15) is 14.7 Å². The number of aromatic carboxylic acids is 1. The molecular formula is C24H22Cl3N3O3. The molecule has 2 aromatic carbocycles. The maximum absolute atomic E-state index is 13.2. The van der Waals surface area contributed by atoms with Crippen molar-refractivity contribution in [1.82, 2.24) is 15.1 Å². The van der Waals surface area contributed by atoms with Crippen LogP contribution in [0.4, 0.5) is 0 Å². The number of rotatable bonds is 5. The Morgan fingerprint density at radius 3 is 2.39 bits per heavy atom. The van der Waals surface area contributed by atoms with Gasteiger partial charge in [0.05, 0.1) is 27.0 Å². The minimum absolute atomic E-state index is 0.0500. The molecule has 2 N–H and O–H groups in total. The number of hydrogen-bond donors (Lipinski definition) is 2. The van der Waals surface area contributed by atoms with Crippen molar-refractivity contribution < 1.29 is 14.7 Å². The van der Waals surface area contributed by atoms with Crippen LogP contribution < -0.4 is 5.32 Å². The summed E-state index contributed by atoms with van der Waals surface area (Å²) in [4.78, 5) is 24.5. The third-order valence-corrected chi connectivity index (χ3v) is 6.74. The molecule has 1 saturated carbocycles. The van der Waals surface area contributed by atoms with Gasteiger partial charge in [0.1, 0.15) is 0 Å². The molecule has 0 spiro atoms. The standard InChI is InChI=1S/C24H22Cl3N3O3/c1-13-21(23(31)28-16-5-3-2-4-6-16)29-30(20-10-7-14(24(32)33)11-19(20)27)22(13)17-9-8-15(25)12-18(17)26/h7-12,16H,2-6H2,1H3,(H,28,31)(H,32,33). The topological polar surface area (TPSA) is 84.2 Å². The number of aromatic nitrogens is 2. The van der Waals surface area contributed by atoms with Crippen molar-refractivity contribution in [2.75, 3.05) is 0 Å². The molecule has 1 fully saturated rings. The molecule has 4 rings (SSSR count). The van der Waals surface area contributed by atoms with E-state index in [0.717, 1.165) is 25.7 Å². The van der Waals surface area contributed by atoms with Crippen LogP contribution in [0, 0.1) is 6.92 Å². The van der Waals surface area contributed by atoms with Crippen molar-refractivity contribution in [3.05, 3.63) is 68.3 Å². The molecule has 172 valence electrons. The summed E-state index contributed by atoms with van der Waals surface area (Å²) in [5.41, 5.74) is 2.58. The molecule has 1 aromatic heterocycles. The second-order valence-corrected chi connectivity index (χ2v) is 9.39. The molecular weight excluding hydrogens is 485 g/mol. The number of carboxylic acids is 1. The highest BCUT2D eigenvalue weighted by molar-refractivity contribution is 6.36. The van der Waals surface area contributed by atoms with E-state index in [1.54, 1.807) is 31.2 Å². The summed E-state index contributed by atoms with van der Waals surface area (Å²) in [7, 11) is 0. The van der Waals surface area contributed by atoms with E-state index in [-0.39, 0.29) is 28.2 Å². The maximum atomic E-state index is 13.2. The first-order valence-corrected chi connectivity index (χ1v) is 11.8. The van der Waals surface area contributed by atoms with Gasteiger partial charge in [0.25, 0.3) is 5.91 Å². The molecule has 6 nitrogen and oxygen atoms in total. The van der Waals surface area contributed by atoms with Crippen LogP contribution in [0.25, 0.3) is 16.9 Å². The summed E-state index contributed by atoms with van der Waals surface area (Å²) < 4.78 is 1.54. The van der Waals surface area contributed by atoms with E-state index in [0.29, 0.717) is 32.6 Å². The number of carbonyl (C=O) groups is 2. The molecule has 1 amide bonds. The zero-order valence-corrected chi connectivity index (χ0v) is 20.1. The van der Waals surface area contributed by atoms with E-state index in [1.807, 2.05) is 0 Å². The van der Waals surface area contributed by atoms with Gasteiger partial charge in [-0.1, -0.05) is 54.1 Å². The number of benzene rings is 2. The Morgan fingerprint density at radius 1 is 1.03 bits per heavy atom. The second kappa shape index (κ2) is 9.75. The number of nitrogens with zero attached hydrogens (tertiary/aromatic N) is 2. The molecule has 0 atom stereocenters. The van der Waals surface area contributed by atoms with Crippen LogP contribution >= 0.6 is 34.8 Å². The molecule has 0 saturated heterocycles. The van der Waals surface area contributed by atoms with Crippen LogP contribution in [0.5, 0.6) is 0 Å². The van der Waals surface area contributed by atoms with E-state index in [1.165, 1.54) is 23.2 Å². The predicted molar refractivity (Wildman–Crippen MR) is 130 cm³/mol. The summed E-state index contributed by atoms with van der Waals surface area (Å²) in [5.74, 6) is -1.35. The highest BCUT2D eigenvalue weighted by Crippen LogP contribution is 2.37. The Balaban J connectivity index is 1.85. The van der Waals surface area contributed by atoms with Gasteiger partial charge in [-0.2, -0.15) is 5.10 Å². The fourth-order valence-electron chi connectivity index (χ4n) is 4.20. The van der Waals surface area contributed by atoms with Crippen molar-refractivity contribution in [3.63, 3.8) is 0 Å². The molecule has 9 heteroatoms. The van der Waals surface area contributed by atoms with Gasteiger partial charge >= 0.3 is 5.97 Å². The first-order chi connectivity index (χ1) is 15.8. The van der Waals surface area contributed by atoms with Crippen LogP contribution in [0.1, 0.15) is 58.5 Å². The summed E-state index contributed by atoms with van der Waals surface area (Å²) in [6, 6.07) is 9.56. The largest absolute Gasteiger partial charge is 0.478 e. The minimum Gasteiger partial charge on any atom is -0.478 e. The zero-order chi connectivity index (χ0) is 23.7. The van der Waals surface area contributed by atoms with Gasteiger partial charge in [0, 0.05) is 22.2 Å². The number of halogens is 3. The van der Waals surface area contributed by atoms with Crippen molar-refractivity contribution in [2.45, 2.75) is 45.1 Å². The Bertz CT molecular complexity index is 1230. The number of carboxylic acid groups (broad SMARTS) is 1. The summed E-state index contributed by atoms with van der Waals surface area (Å²) in [5, 5.41) is 18.0. The second-order valence-electron chi connectivity index (χ2n) is 8.14. The Morgan fingerprint density at radius 2 is 1.76 bits per heavy atom. The normalized spacial score (nSPS) is 14.3. The summed E-state index contributed by atoms with van der Waals surface area (Å²) in [6.45, 7) is 1.80. The van der Waals surface area contributed by atoms with E-state index in [4.69, 9.17) is 34.8 Å². The summed E-state index contributed by atoms with van der Waals surface area (Å²) in [6.07, 6.45) is 5.27. The quantitative estimate of drug-likeness (QED) is 0.410. The SMILES string of the molecule is Cc1c(C(=O)NC2CCCCC2)nn(-c2ccc(C(=O)O)cc2Cl)c1-c1ccc(Cl)cc1Cl. The lowest BCUT2D eigenvalue weighted by Crippen LogP contribution is -2.36. The van der Waals surface area contributed by atoms with Gasteiger partial charge in [-0.3, -0.25) is 4.79 Å². The Kier molecular flexibility index (Phi) is 6.98. The van der Waals surface area contributed by atoms with Gasteiger partial charge in [-0.05, 0) is 56.2 Å². The van der Waals surface area contributed by atoms with Crippen LogP contribution in [0.15, 0.2) is 36.4 Å². The Hall–Kier alpha value is -2.54. The molecule has 1 aliphatic rings. The lowest BCUT2D eigenvalue weighted by atomic mass is 9.95. The number of carbonyl (C=O) groups excluding carboxylic acids is 1. The molecule has 1 heterocycles. The van der Waals surface area contributed by atoms with Gasteiger partial charge in [0.2, 0.25) is 0 Å². The highest BCUT2D eigenvalue weighted by Gasteiger charge is 2.26. The smallest absolute Gasteiger partial charge is 0.335 e. The number of hydrogen-bond acceptors (Lipinski definition) is 3. The minimum atomic E-state index is -1.09. The third-order valence-electron chi connectivity index (χ3n) is 5.89. The molecule has 0 aliphatic heterocycles. The highest BCUT2D eigenvalue weighted by atomic mass is 35.5. The Labute approximate surface area is 206 Å². The molecule has 0 bridgehead atoms. The lowest BCUT2D eigenvalue weighted by Gasteiger charge is -2.22. The van der Waals surface area contributed by atoms with Gasteiger partial charge in [0.15, 0.2) is 5.69 Å². The first kappa shape index (κ1) is 23.6. The third kappa shape index (κ3) is 4.88. The van der Waals surface area contributed by atoms with Gasteiger partial charge in [-0.15, -0.1) is 0 Å². The van der Waals surface area contributed by atoms with Crippen molar-refractivity contribution >= 4 is 46.7 Å². The van der Waals surface area contributed by atoms with Crippen LogP contribution in [-0.2, 0) is 0 Å². The average Bonchev–Trinajstić information content (AvgIpc) is 3.11. The summed E-state index contributed by atoms with van der Waals surface area (Å²) >= 11 is 19.0. The predicted octanol–water partition coefficient (Wildman–Crippen LogP) is 6.57. The molecule has 0 radical (unpaired) electrons. The van der Waals surface area contributed by atoms with Crippen molar-refractivity contribution in [3.8, 4) is 16.9 Å². The average molecular weight is 507 g/mol. The first-order valence-electron chi connectivity index (χ1n) is 10.7. The van der Waals surface area contributed by atoms with Crippen LogP contribution in [0.2, 0.25) is 15.1 Å². The van der Waals surface area contributed by atoms with Crippen LogP contribution in [-0.4, -0.2) is 32.8 Å². The van der Waals surface area contributed by atoms with Crippen molar-refractivity contribution in [2.24, 2.45) is 0 Å². The molecule has 1 aliphatic carbocycles. The van der Waals surface area contributed by atoms with Crippen LogP contribution in [0.3, 0.4) is 0 Å². The maximum Gasteiger partial charge on any atom is 0.335 e.